The van der Waals surface area contributed by atoms with Crippen LogP contribution in [0.3, 0.4) is 0 Å². The molecule has 2 rings (SSSR count). The summed E-state index contributed by atoms with van der Waals surface area (Å²) in [5.74, 6) is -0.455. The predicted octanol–water partition coefficient (Wildman–Crippen LogP) is 1.42. The number of hydrogen-bond donors (Lipinski definition) is 2. The maximum atomic E-state index is 12.2. The van der Waals surface area contributed by atoms with Crippen molar-refractivity contribution in [2.75, 3.05) is 19.6 Å². The third-order valence-corrected chi connectivity index (χ3v) is 5.62. The lowest BCUT2D eigenvalue weighted by molar-refractivity contribution is -0.136. The molecule has 1 unspecified atom stereocenters. The van der Waals surface area contributed by atoms with E-state index in [0.29, 0.717) is 32.0 Å². The first-order valence-corrected chi connectivity index (χ1v) is 9.35. The van der Waals surface area contributed by atoms with E-state index < -0.39 is 16.2 Å². The highest BCUT2D eigenvalue weighted by Crippen LogP contribution is 2.17. The summed E-state index contributed by atoms with van der Waals surface area (Å²) in [7, 11) is -3.40. The van der Waals surface area contributed by atoms with Crippen LogP contribution in [0.1, 0.15) is 30.9 Å². The van der Waals surface area contributed by atoms with Crippen molar-refractivity contribution in [2.45, 2.75) is 32.6 Å². The number of hydrogen-bond acceptors (Lipinski definition) is 3. The van der Waals surface area contributed by atoms with E-state index in [4.69, 9.17) is 5.11 Å². The number of piperidine rings is 1. The molecule has 1 aromatic rings. The van der Waals surface area contributed by atoms with Crippen LogP contribution in [0.25, 0.3) is 0 Å². The van der Waals surface area contributed by atoms with E-state index in [-0.39, 0.29) is 6.42 Å². The number of aliphatic carboxylic acids is 1. The molecule has 0 aromatic heterocycles. The Kier molecular flexibility index (Phi) is 6.15. The number of carboxylic acid groups (broad SMARTS) is 1. The topological polar surface area (TPSA) is 86.7 Å². The molecular formula is C16H24N2O4S. The Morgan fingerprint density at radius 3 is 2.57 bits per heavy atom. The Labute approximate surface area is 137 Å². The summed E-state index contributed by atoms with van der Waals surface area (Å²) in [5, 5.41) is 8.73. The van der Waals surface area contributed by atoms with Gasteiger partial charge in [-0.1, -0.05) is 31.2 Å². The lowest BCUT2D eigenvalue weighted by Gasteiger charge is -2.29. The summed E-state index contributed by atoms with van der Waals surface area (Å²) < 4.78 is 28.7. The molecule has 1 heterocycles. The van der Waals surface area contributed by atoms with Crippen molar-refractivity contribution in [3.05, 3.63) is 35.4 Å². The van der Waals surface area contributed by atoms with Gasteiger partial charge in [0.2, 0.25) is 0 Å². The van der Waals surface area contributed by atoms with Gasteiger partial charge in [0.15, 0.2) is 0 Å². The summed E-state index contributed by atoms with van der Waals surface area (Å²) in [6.45, 7) is 3.58. The van der Waals surface area contributed by atoms with Crippen LogP contribution in [-0.2, 0) is 27.8 Å². The van der Waals surface area contributed by atoms with Crippen molar-refractivity contribution in [1.82, 2.24) is 9.03 Å². The quantitative estimate of drug-likeness (QED) is 0.786. The van der Waals surface area contributed by atoms with E-state index >= 15 is 0 Å². The lowest BCUT2D eigenvalue weighted by atomic mass is 10.0. The van der Waals surface area contributed by atoms with Crippen molar-refractivity contribution in [2.24, 2.45) is 5.92 Å². The molecule has 0 radical (unpaired) electrons. The number of rotatable bonds is 7. The van der Waals surface area contributed by atoms with Gasteiger partial charge < -0.3 is 5.11 Å². The first-order chi connectivity index (χ1) is 10.9. The highest BCUT2D eigenvalue weighted by molar-refractivity contribution is 7.87. The van der Waals surface area contributed by atoms with Gasteiger partial charge in [-0.25, -0.2) is 4.72 Å². The summed E-state index contributed by atoms with van der Waals surface area (Å²) in [5.41, 5.74) is 1.72. The molecule has 2 N–H and O–H groups in total. The van der Waals surface area contributed by atoms with Crippen LogP contribution in [0, 0.1) is 5.92 Å². The van der Waals surface area contributed by atoms with Crippen molar-refractivity contribution in [3.8, 4) is 0 Å². The van der Waals surface area contributed by atoms with Gasteiger partial charge in [0.05, 0.1) is 6.42 Å². The third-order valence-electron chi connectivity index (χ3n) is 4.04. The number of nitrogens with one attached hydrogen (secondary N) is 1. The van der Waals surface area contributed by atoms with Crippen LogP contribution in [0.4, 0.5) is 0 Å². The monoisotopic (exact) mass is 340 g/mol. The van der Waals surface area contributed by atoms with Crippen molar-refractivity contribution in [3.63, 3.8) is 0 Å². The molecular weight excluding hydrogens is 316 g/mol. The zero-order chi connectivity index (χ0) is 16.9. The fourth-order valence-corrected chi connectivity index (χ4v) is 4.14. The average Bonchev–Trinajstić information content (AvgIpc) is 2.48. The van der Waals surface area contributed by atoms with Gasteiger partial charge in [0.1, 0.15) is 0 Å². The molecule has 1 aliphatic heterocycles. The Bertz CT molecular complexity index is 628. The van der Waals surface area contributed by atoms with Crippen LogP contribution in [0.15, 0.2) is 24.3 Å². The Morgan fingerprint density at radius 2 is 1.96 bits per heavy atom. The molecule has 1 atom stereocenters. The summed E-state index contributed by atoms with van der Waals surface area (Å²) in [6, 6.07) is 7.22. The minimum absolute atomic E-state index is 0.0000533. The SMILES string of the molecule is CC1CCCN(S(=O)(=O)NCCc2ccc(CC(=O)O)cc2)C1. The number of carboxylic acids is 1. The Morgan fingerprint density at radius 1 is 1.30 bits per heavy atom. The van der Waals surface area contributed by atoms with Crippen molar-refractivity contribution < 1.29 is 18.3 Å². The van der Waals surface area contributed by atoms with Gasteiger partial charge in [-0.05, 0) is 36.3 Å². The average molecular weight is 340 g/mol. The van der Waals surface area contributed by atoms with Gasteiger partial charge in [0, 0.05) is 19.6 Å². The molecule has 128 valence electrons. The van der Waals surface area contributed by atoms with E-state index in [9.17, 15) is 13.2 Å². The molecule has 1 saturated heterocycles. The van der Waals surface area contributed by atoms with Crippen LogP contribution in [0.2, 0.25) is 0 Å². The van der Waals surface area contributed by atoms with E-state index in [0.717, 1.165) is 24.0 Å². The molecule has 1 aliphatic rings. The van der Waals surface area contributed by atoms with Gasteiger partial charge in [-0.2, -0.15) is 12.7 Å². The fourth-order valence-electron chi connectivity index (χ4n) is 2.78. The van der Waals surface area contributed by atoms with Crippen molar-refractivity contribution >= 4 is 16.2 Å². The fraction of sp³-hybridized carbons (Fsp3) is 0.562. The molecule has 0 bridgehead atoms. The van der Waals surface area contributed by atoms with Gasteiger partial charge >= 0.3 is 5.97 Å². The summed E-state index contributed by atoms with van der Waals surface area (Å²) in [4.78, 5) is 10.6. The molecule has 0 saturated carbocycles. The van der Waals surface area contributed by atoms with E-state index in [2.05, 4.69) is 11.6 Å². The second-order valence-corrected chi connectivity index (χ2v) is 7.90. The number of carbonyl (C=O) groups is 1. The zero-order valence-corrected chi connectivity index (χ0v) is 14.2. The number of benzene rings is 1. The highest BCUT2D eigenvalue weighted by atomic mass is 32.2. The predicted molar refractivity (Wildman–Crippen MR) is 88.4 cm³/mol. The maximum absolute atomic E-state index is 12.2. The van der Waals surface area contributed by atoms with Gasteiger partial charge in [0.25, 0.3) is 10.2 Å². The smallest absolute Gasteiger partial charge is 0.307 e. The first kappa shape index (κ1) is 17.9. The van der Waals surface area contributed by atoms with E-state index in [1.165, 1.54) is 4.31 Å². The zero-order valence-electron chi connectivity index (χ0n) is 13.4. The number of nitrogens with zero attached hydrogens (tertiary/aromatic N) is 1. The van der Waals surface area contributed by atoms with Crippen LogP contribution < -0.4 is 4.72 Å². The molecule has 6 nitrogen and oxygen atoms in total. The van der Waals surface area contributed by atoms with Crippen LogP contribution >= 0.6 is 0 Å². The van der Waals surface area contributed by atoms with Gasteiger partial charge in [-0.15, -0.1) is 0 Å². The minimum atomic E-state index is -3.40. The maximum Gasteiger partial charge on any atom is 0.307 e. The van der Waals surface area contributed by atoms with E-state index in [1.807, 2.05) is 12.1 Å². The normalized spacial score (nSPS) is 19.6. The van der Waals surface area contributed by atoms with E-state index in [1.54, 1.807) is 12.1 Å². The Hall–Kier alpha value is -1.44. The molecule has 0 spiro atoms. The van der Waals surface area contributed by atoms with Crippen LogP contribution in [0.5, 0.6) is 0 Å². The molecule has 7 heteroatoms. The molecule has 1 aromatic carbocycles. The lowest BCUT2D eigenvalue weighted by Crippen LogP contribution is -2.46. The third kappa shape index (κ3) is 5.60. The highest BCUT2D eigenvalue weighted by Gasteiger charge is 2.26. The molecule has 23 heavy (non-hydrogen) atoms. The summed E-state index contributed by atoms with van der Waals surface area (Å²) in [6.07, 6.45) is 2.57. The Balaban J connectivity index is 1.82. The van der Waals surface area contributed by atoms with Gasteiger partial charge in [-0.3, -0.25) is 4.79 Å². The standard InChI is InChI=1S/C16H24N2O4S/c1-13-3-2-10-18(12-13)23(21,22)17-9-8-14-4-6-15(7-5-14)11-16(19)20/h4-7,13,17H,2-3,8-12H2,1H3,(H,19,20). The largest absolute Gasteiger partial charge is 0.481 e. The molecule has 0 amide bonds. The second kappa shape index (κ2) is 7.90. The van der Waals surface area contributed by atoms with Crippen molar-refractivity contribution in [1.29, 1.82) is 0 Å². The molecule has 1 fully saturated rings. The first-order valence-electron chi connectivity index (χ1n) is 7.91. The van der Waals surface area contributed by atoms with Crippen LogP contribution in [-0.4, -0.2) is 43.4 Å². The second-order valence-electron chi connectivity index (χ2n) is 6.14. The minimum Gasteiger partial charge on any atom is -0.481 e. The molecule has 0 aliphatic carbocycles. The summed E-state index contributed by atoms with van der Waals surface area (Å²) >= 11 is 0.